The number of alkyl halides is 2. The lowest BCUT2D eigenvalue weighted by molar-refractivity contribution is 0.579. The van der Waals surface area contributed by atoms with E-state index in [1.165, 1.54) is 6.07 Å². The predicted octanol–water partition coefficient (Wildman–Crippen LogP) is 4.12. The van der Waals surface area contributed by atoms with Crippen molar-refractivity contribution in [1.29, 1.82) is 0 Å². The molecule has 14 heavy (non-hydrogen) atoms. The third kappa shape index (κ3) is 3.30. The highest BCUT2D eigenvalue weighted by Crippen LogP contribution is 2.19. The molecule has 1 aromatic rings. The van der Waals surface area contributed by atoms with Gasteiger partial charge in [-0.2, -0.15) is 0 Å². The Morgan fingerprint density at radius 2 is 1.86 bits per heavy atom. The molecule has 0 amide bonds. The molecule has 0 atom stereocenters. The van der Waals surface area contributed by atoms with Crippen LogP contribution in [0.25, 0.3) is 0 Å². The number of halogens is 4. The largest absolute Gasteiger partial charge is 0.207 e. The van der Waals surface area contributed by atoms with Crippen LogP contribution in [0.1, 0.15) is 5.56 Å². The van der Waals surface area contributed by atoms with E-state index in [0.717, 1.165) is 0 Å². The maximum absolute atomic E-state index is 13.3. The lowest BCUT2D eigenvalue weighted by Crippen LogP contribution is -2.09. The Balaban J connectivity index is 2.76. The van der Waals surface area contributed by atoms with E-state index in [4.69, 9.17) is 34.8 Å². The van der Waals surface area contributed by atoms with Gasteiger partial charge < -0.3 is 0 Å². The van der Waals surface area contributed by atoms with Crippen LogP contribution in [0, 0.1) is 11.7 Å². The second kappa shape index (κ2) is 5.79. The molecule has 1 rings (SSSR count). The average Bonchev–Trinajstić information content (AvgIpc) is 2.17. The van der Waals surface area contributed by atoms with Crippen molar-refractivity contribution in [2.24, 2.45) is 5.92 Å². The molecule has 0 aliphatic rings. The minimum atomic E-state index is -0.294. The Bertz CT molecular complexity index is 297. The van der Waals surface area contributed by atoms with Crippen LogP contribution in [0.3, 0.4) is 0 Å². The molecule has 0 spiro atoms. The molecule has 0 radical (unpaired) electrons. The zero-order valence-electron chi connectivity index (χ0n) is 7.44. The standard InChI is InChI=1S/C10H10Cl3F/c11-5-7(6-12)3-8-1-2-9(13)4-10(8)14/h1-2,4,7H,3,5-6H2. The summed E-state index contributed by atoms with van der Waals surface area (Å²) in [5.41, 5.74) is 0.612. The Labute approximate surface area is 98.0 Å². The van der Waals surface area contributed by atoms with Crippen molar-refractivity contribution in [3.05, 3.63) is 34.6 Å². The molecular weight excluding hydrogens is 245 g/mol. The summed E-state index contributed by atoms with van der Waals surface area (Å²) in [7, 11) is 0. The van der Waals surface area contributed by atoms with Crippen LogP contribution in [0.4, 0.5) is 4.39 Å². The zero-order valence-corrected chi connectivity index (χ0v) is 9.71. The fraction of sp³-hybridized carbons (Fsp3) is 0.400. The van der Waals surface area contributed by atoms with E-state index >= 15 is 0 Å². The summed E-state index contributed by atoms with van der Waals surface area (Å²) < 4.78 is 13.3. The highest BCUT2D eigenvalue weighted by Gasteiger charge is 2.10. The SMILES string of the molecule is Fc1cc(Cl)ccc1CC(CCl)CCl. The van der Waals surface area contributed by atoms with Gasteiger partial charge in [0.15, 0.2) is 0 Å². The maximum atomic E-state index is 13.3. The van der Waals surface area contributed by atoms with Crippen molar-refractivity contribution in [3.8, 4) is 0 Å². The van der Waals surface area contributed by atoms with Crippen molar-refractivity contribution >= 4 is 34.8 Å². The number of hydrogen-bond acceptors (Lipinski definition) is 0. The van der Waals surface area contributed by atoms with Crippen LogP contribution in [-0.2, 0) is 6.42 Å². The normalized spacial score (nSPS) is 10.9. The predicted molar refractivity (Wildman–Crippen MR) is 60.0 cm³/mol. The van der Waals surface area contributed by atoms with E-state index in [2.05, 4.69) is 0 Å². The summed E-state index contributed by atoms with van der Waals surface area (Å²) in [4.78, 5) is 0. The highest BCUT2D eigenvalue weighted by atomic mass is 35.5. The summed E-state index contributed by atoms with van der Waals surface area (Å²) in [5, 5.41) is 0.402. The molecule has 0 aromatic heterocycles. The van der Waals surface area contributed by atoms with Gasteiger partial charge in [-0.05, 0) is 30.0 Å². The van der Waals surface area contributed by atoms with E-state index in [1.54, 1.807) is 12.1 Å². The van der Waals surface area contributed by atoms with Gasteiger partial charge in [0.2, 0.25) is 0 Å². The molecular formula is C10H10Cl3F. The van der Waals surface area contributed by atoms with Gasteiger partial charge in [-0.1, -0.05) is 17.7 Å². The molecule has 1 aromatic carbocycles. The van der Waals surface area contributed by atoms with Gasteiger partial charge in [-0.15, -0.1) is 23.2 Å². The van der Waals surface area contributed by atoms with Gasteiger partial charge in [0.05, 0.1) is 0 Å². The smallest absolute Gasteiger partial charge is 0.127 e. The van der Waals surface area contributed by atoms with E-state index in [9.17, 15) is 4.39 Å². The summed E-state index contributed by atoms with van der Waals surface area (Å²) in [5.74, 6) is 0.684. The van der Waals surface area contributed by atoms with Gasteiger partial charge >= 0.3 is 0 Å². The van der Waals surface area contributed by atoms with Crippen molar-refractivity contribution in [2.75, 3.05) is 11.8 Å². The number of hydrogen-bond donors (Lipinski definition) is 0. The molecule has 0 N–H and O–H groups in total. The van der Waals surface area contributed by atoms with Crippen LogP contribution in [0.5, 0.6) is 0 Å². The highest BCUT2D eigenvalue weighted by molar-refractivity contribution is 6.30. The van der Waals surface area contributed by atoms with Crippen LogP contribution in [0.2, 0.25) is 5.02 Å². The topological polar surface area (TPSA) is 0 Å². The first kappa shape index (κ1) is 12.1. The maximum Gasteiger partial charge on any atom is 0.127 e. The van der Waals surface area contributed by atoms with Crippen LogP contribution in [0.15, 0.2) is 18.2 Å². The molecule has 0 unspecified atom stereocenters. The third-order valence-electron chi connectivity index (χ3n) is 1.96. The van der Waals surface area contributed by atoms with E-state index in [1.807, 2.05) is 0 Å². The van der Waals surface area contributed by atoms with Gasteiger partial charge in [0, 0.05) is 16.8 Å². The number of benzene rings is 1. The molecule has 0 nitrogen and oxygen atoms in total. The fourth-order valence-electron chi connectivity index (χ4n) is 1.15. The summed E-state index contributed by atoms with van der Waals surface area (Å²) in [6.07, 6.45) is 0.552. The Morgan fingerprint density at radius 1 is 1.21 bits per heavy atom. The van der Waals surface area contributed by atoms with E-state index < -0.39 is 0 Å². The first-order chi connectivity index (χ1) is 6.67. The molecule has 4 heteroatoms. The summed E-state index contributed by atoms with van der Waals surface area (Å²) >= 11 is 17.0. The first-order valence-corrected chi connectivity index (χ1v) is 5.68. The minimum absolute atomic E-state index is 0.106. The van der Waals surface area contributed by atoms with Gasteiger partial charge in [-0.3, -0.25) is 0 Å². The van der Waals surface area contributed by atoms with Crippen molar-refractivity contribution < 1.29 is 4.39 Å². The molecule has 0 aliphatic heterocycles. The monoisotopic (exact) mass is 254 g/mol. The minimum Gasteiger partial charge on any atom is -0.207 e. The van der Waals surface area contributed by atoms with Crippen LogP contribution in [-0.4, -0.2) is 11.8 Å². The van der Waals surface area contributed by atoms with Gasteiger partial charge in [0.1, 0.15) is 5.82 Å². The molecule has 0 aliphatic carbocycles. The molecule has 0 bridgehead atoms. The second-order valence-electron chi connectivity index (χ2n) is 3.11. The molecule has 0 saturated heterocycles. The first-order valence-electron chi connectivity index (χ1n) is 4.23. The number of rotatable bonds is 4. The van der Waals surface area contributed by atoms with Gasteiger partial charge in [0.25, 0.3) is 0 Å². The molecule has 0 saturated carbocycles. The fourth-order valence-corrected chi connectivity index (χ4v) is 1.86. The van der Waals surface area contributed by atoms with Crippen molar-refractivity contribution in [2.45, 2.75) is 6.42 Å². The lowest BCUT2D eigenvalue weighted by atomic mass is 10.0. The summed E-state index contributed by atoms with van der Waals surface area (Å²) in [6.45, 7) is 0. The van der Waals surface area contributed by atoms with Crippen LogP contribution < -0.4 is 0 Å². The van der Waals surface area contributed by atoms with Gasteiger partial charge in [-0.25, -0.2) is 4.39 Å². The Kier molecular flexibility index (Phi) is 5.00. The van der Waals surface area contributed by atoms with Crippen LogP contribution >= 0.6 is 34.8 Å². The van der Waals surface area contributed by atoms with E-state index in [-0.39, 0.29) is 11.7 Å². The van der Waals surface area contributed by atoms with Crippen molar-refractivity contribution in [3.63, 3.8) is 0 Å². The second-order valence-corrected chi connectivity index (χ2v) is 4.17. The quantitative estimate of drug-likeness (QED) is 0.710. The summed E-state index contributed by atoms with van der Waals surface area (Å²) in [6, 6.07) is 4.64. The van der Waals surface area contributed by atoms with E-state index in [0.29, 0.717) is 28.8 Å². The third-order valence-corrected chi connectivity index (χ3v) is 3.07. The van der Waals surface area contributed by atoms with Crippen molar-refractivity contribution in [1.82, 2.24) is 0 Å². The molecule has 0 heterocycles. The zero-order chi connectivity index (χ0) is 10.6. The molecule has 0 fully saturated rings. The average molecular weight is 256 g/mol. The Hall–Kier alpha value is 0.0200. The molecule has 78 valence electrons. The Morgan fingerprint density at radius 3 is 2.36 bits per heavy atom. The lowest BCUT2D eigenvalue weighted by Gasteiger charge is -2.10.